The van der Waals surface area contributed by atoms with Gasteiger partial charge in [0.05, 0.1) is 6.61 Å². The zero-order chi connectivity index (χ0) is 17.2. The Morgan fingerprint density at radius 3 is 2.17 bits per heavy atom. The van der Waals surface area contributed by atoms with E-state index in [4.69, 9.17) is 16.2 Å². The highest BCUT2D eigenvalue weighted by Gasteiger charge is 2.05. The van der Waals surface area contributed by atoms with Gasteiger partial charge in [-0.15, -0.1) is 0 Å². The van der Waals surface area contributed by atoms with E-state index in [0.717, 1.165) is 45.1 Å². The summed E-state index contributed by atoms with van der Waals surface area (Å²) in [4.78, 5) is 11.6. The largest absolute Gasteiger partial charge is 0.466 e. The van der Waals surface area contributed by atoms with Crippen molar-refractivity contribution in [1.29, 1.82) is 0 Å². The van der Waals surface area contributed by atoms with Crippen LogP contribution in [0.1, 0.15) is 96.8 Å². The Hall–Kier alpha value is -0.610. The fourth-order valence-corrected chi connectivity index (χ4v) is 2.69. The monoisotopic (exact) mass is 328 g/mol. The fourth-order valence-electron chi connectivity index (χ4n) is 2.69. The summed E-state index contributed by atoms with van der Waals surface area (Å²) < 4.78 is 5.27. The topological polar surface area (TPSA) is 78.3 Å². The lowest BCUT2D eigenvalue weighted by molar-refractivity contribution is -0.143. The van der Waals surface area contributed by atoms with Crippen molar-refractivity contribution in [3.05, 3.63) is 0 Å². The van der Waals surface area contributed by atoms with Crippen LogP contribution in [0, 0.1) is 0 Å². The summed E-state index contributed by atoms with van der Waals surface area (Å²) >= 11 is 0. The van der Waals surface area contributed by atoms with E-state index < -0.39 is 0 Å². The summed E-state index contributed by atoms with van der Waals surface area (Å²) in [5.74, 6) is -0.0462. The van der Waals surface area contributed by atoms with Gasteiger partial charge in [0.1, 0.15) is 0 Å². The first kappa shape index (κ1) is 22.4. The smallest absolute Gasteiger partial charge is 0.305 e. The van der Waals surface area contributed by atoms with Crippen LogP contribution in [0.3, 0.4) is 0 Å². The average molecular weight is 329 g/mol. The van der Waals surface area contributed by atoms with Crippen LogP contribution in [0.5, 0.6) is 0 Å². The van der Waals surface area contributed by atoms with E-state index in [1.165, 1.54) is 44.9 Å². The zero-order valence-corrected chi connectivity index (χ0v) is 15.4. The van der Waals surface area contributed by atoms with Crippen LogP contribution in [0.25, 0.3) is 0 Å². The number of esters is 1. The molecular weight excluding hydrogens is 288 g/mol. The molecule has 0 aromatic carbocycles. The molecule has 0 saturated carbocycles. The van der Waals surface area contributed by atoms with Crippen LogP contribution in [0.2, 0.25) is 0 Å². The third-order valence-electron chi connectivity index (χ3n) is 4.25. The van der Waals surface area contributed by atoms with E-state index in [-0.39, 0.29) is 12.0 Å². The second kappa shape index (κ2) is 17.7. The van der Waals surface area contributed by atoms with Gasteiger partial charge in [0, 0.05) is 12.5 Å². The van der Waals surface area contributed by atoms with Gasteiger partial charge in [-0.3, -0.25) is 4.79 Å². The number of carbonyl (C=O) groups is 1. The summed E-state index contributed by atoms with van der Waals surface area (Å²) in [6, 6.07) is 0.270. The first-order chi connectivity index (χ1) is 11.2. The van der Waals surface area contributed by atoms with Gasteiger partial charge in [0.15, 0.2) is 0 Å². The minimum absolute atomic E-state index is 0.0462. The summed E-state index contributed by atoms with van der Waals surface area (Å²) in [6.45, 7) is 3.58. The van der Waals surface area contributed by atoms with Crippen molar-refractivity contribution >= 4 is 5.97 Å². The molecule has 0 saturated heterocycles. The van der Waals surface area contributed by atoms with Crippen LogP contribution in [-0.4, -0.2) is 25.2 Å². The molecule has 0 aliphatic rings. The Morgan fingerprint density at radius 1 is 0.870 bits per heavy atom. The van der Waals surface area contributed by atoms with Crippen LogP contribution in [0.15, 0.2) is 0 Å². The number of hydrogen-bond donors (Lipinski definition) is 2. The second-order valence-corrected chi connectivity index (χ2v) is 6.63. The van der Waals surface area contributed by atoms with Crippen LogP contribution < -0.4 is 11.5 Å². The van der Waals surface area contributed by atoms with Crippen molar-refractivity contribution in [2.24, 2.45) is 11.5 Å². The van der Waals surface area contributed by atoms with Gasteiger partial charge in [0.25, 0.3) is 0 Å². The molecule has 0 aromatic heterocycles. The minimum atomic E-state index is -0.0462. The van der Waals surface area contributed by atoms with E-state index >= 15 is 0 Å². The molecule has 138 valence electrons. The Balaban J connectivity index is 3.29. The Bertz CT molecular complexity index is 260. The van der Waals surface area contributed by atoms with Gasteiger partial charge in [0.2, 0.25) is 0 Å². The summed E-state index contributed by atoms with van der Waals surface area (Å²) in [5, 5.41) is 0. The van der Waals surface area contributed by atoms with E-state index in [1.54, 1.807) is 0 Å². The van der Waals surface area contributed by atoms with Crippen molar-refractivity contribution in [2.45, 2.75) is 103 Å². The molecule has 0 aromatic rings. The molecule has 0 heterocycles. The fraction of sp³-hybridized carbons (Fsp3) is 0.947. The molecule has 0 bridgehead atoms. The maximum atomic E-state index is 11.6. The lowest BCUT2D eigenvalue weighted by atomic mass is 10.0. The van der Waals surface area contributed by atoms with Crippen molar-refractivity contribution < 1.29 is 9.53 Å². The van der Waals surface area contributed by atoms with Crippen molar-refractivity contribution in [2.75, 3.05) is 13.2 Å². The lowest BCUT2D eigenvalue weighted by Gasteiger charge is -2.11. The van der Waals surface area contributed by atoms with Gasteiger partial charge in [-0.25, -0.2) is 0 Å². The zero-order valence-electron chi connectivity index (χ0n) is 15.4. The van der Waals surface area contributed by atoms with Gasteiger partial charge in [-0.2, -0.15) is 0 Å². The molecule has 0 spiro atoms. The molecule has 0 amide bonds. The van der Waals surface area contributed by atoms with Crippen molar-refractivity contribution in [1.82, 2.24) is 0 Å². The first-order valence-corrected chi connectivity index (χ1v) is 9.82. The molecule has 0 fully saturated rings. The number of rotatable bonds is 17. The second-order valence-electron chi connectivity index (χ2n) is 6.63. The normalized spacial score (nSPS) is 12.3. The highest BCUT2D eigenvalue weighted by atomic mass is 16.5. The highest BCUT2D eigenvalue weighted by molar-refractivity contribution is 5.69. The molecule has 0 rings (SSSR count). The summed E-state index contributed by atoms with van der Waals surface area (Å²) in [7, 11) is 0. The minimum Gasteiger partial charge on any atom is -0.466 e. The Morgan fingerprint density at radius 2 is 1.48 bits per heavy atom. The number of unbranched alkanes of at least 4 members (excludes halogenated alkanes) is 8. The lowest BCUT2D eigenvalue weighted by Crippen LogP contribution is -2.19. The van der Waals surface area contributed by atoms with Crippen molar-refractivity contribution in [3.8, 4) is 0 Å². The maximum Gasteiger partial charge on any atom is 0.305 e. The van der Waals surface area contributed by atoms with Gasteiger partial charge in [-0.1, -0.05) is 58.3 Å². The molecular formula is C19H40N2O2. The molecule has 4 N–H and O–H groups in total. The molecule has 0 aliphatic heterocycles. The Labute approximate surface area is 143 Å². The molecule has 4 heteroatoms. The molecule has 0 aliphatic carbocycles. The molecule has 1 atom stereocenters. The molecule has 23 heavy (non-hydrogen) atoms. The van der Waals surface area contributed by atoms with E-state index in [9.17, 15) is 4.79 Å². The van der Waals surface area contributed by atoms with E-state index in [0.29, 0.717) is 13.0 Å². The van der Waals surface area contributed by atoms with E-state index in [2.05, 4.69) is 6.92 Å². The van der Waals surface area contributed by atoms with Crippen molar-refractivity contribution in [3.63, 3.8) is 0 Å². The van der Waals surface area contributed by atoms with Crippen LogP contribution >= 0.6 is 0 Å². The molecule has 4 nitrogen and oxygen atoms in total. The summed E-state index contributed by atoms with van der Waals surface area (Å²) in [5.41, 5.74) is 11.5. The quantitative estimate of drug-likeness (QED) is 0.308. The predicted octanol–water partition coefficient (Wildman–Crippen LogP) is 4.30. The average Bonchev–Trinajstić information content (AvgIpc) is 2.55. The first-order valence-electron chi connectivity index (χ1n) is 9.82. The number of ether oxygens (including phenoxy) is 1. The van der Waals surface area contributed by atoms with Gasteiger partial charge < -0.3 is 16.2 Å². The van der Waals surface area contributed by atoms with E-state index in [1.807, 2.05) is 0 Å². The highest BCUT2D eigenvalue weighted by Crippen LogP contribution is 2.10. The summed E-state index contributed by atoms with van der Waals surface area (Å²) in [6.07, 6.45) is 15.3. The van der Waals surface area contributed by atoms with Gasteiger partial charge in [-0.05, 0) is 38.6 Å². The number of hydrogen-bond acceptors (Lipinski definition) is 4. The molecule has 1 unspecified atom stereocenters. The maximum absolute atomic E-state index is 11.6. The molecule has 0 radical (unpaired) electrons. The Kier molecular flexibility index (Phi) is 17.3. The van der Waals surface area contributed by atoms with Crippen LogP contribution in [0.4, 0.5) is 0 Å². The SMILES string of the molecule is CCCCCCCCOC(=O)CCCCC(N)CCCCCN. The third-order valence-corrected chi connectivity index (χ3v) is 4.25. The van der Waals surface area contributed by atoms with Gasteiger partial charge >= 0.3 is 5.97 Å². The number of carbonyl (C=O) groups excluding carboxylic acids is 1. The van der Waals surface area contributed by atoms with Crippen LogP contribution in [-0.2, 0) is 9.53 Å². The standard InChI is InChI=1S/C19H40N2O2/c1-2-3-4-5-6-12-17-23-19(22)15-10-9-14-18(21)13-8-7-11-16-20/h18H,2-17,20-21H2,1H3. The number of nitrogens with two attached hydrogens (primary N) is 2. The third kappa shape index (κ3) is 17.6. The predicted molar refractivity (Wildman–Crippen MR) is 98.3 cm³/mol.